The third-order valence-corrected chi connectivity index (χ3v) is 3.76. The molecule has 0 aromatic rings. The Morgan fingerprint density at radius 1 is 1.30 bits per heavy atom. The number of unbranched alkanes of at least 4 members (excludes halogenated alkanes) is 2. The van der Waals surface area contributed by atoms with E-state index in [9.17, 15) is 4.79 Å². The molecule has 5 heteroatoms. The monoisotopic (exact) mass is 342 g/mol. The van der Waals surface area contributed by atoms with Gasteiger partial charge in [0.05, 0.1) is 0 Å². The van der Waals surface area contributed by atoms with Crippen LogP contribution in [0.4, 0.5) is 0 Å². The first-order valence-electron chi connectivity index (χ1n) is 7.89. The molecule has 0 rings (SSSR count). The van der Waals surface area contributed by atoms with Gasteiger partial charge in [0.2, 0.25) is 0 Å². The summed E-state index contributed by atoms with van der Waals surface area (Å²) < 4.78 is 15.8. The van der Waals surface area contributed by atoms with E-state index in [1.807, 2.05) is 26.0 Å². The molecule has 0 unspecified atom stereocenters. The number of thiol groups is 1. The molecule has 23 heavy (non-hydrogen) atoms. The smallest absolute Gasteiger partial charge is 0.306 e. The van der Waals surface area contributed by atoms with Crippen LogP contribution in [-0.2, 0) is 18.5 Å². The number of ether oxygens (including phenoxy) is 2. The van der Waals surface area contributed by atoms with E-state index < -0.39 is 0 Å². The molecule has 0 amide bonds. The zero-order valence-electron chi connectivity index (χ0n) is 14.5. The van der Waals surface area contributed by atoms with Gasteiger partial charge in [-0.2, -0.15) is 0 Å². The molecule has 0 spiro atoms. The van der Waals surface area contributed by atoms with E-state index in [0.29, 0.717) is 6.42 Å². The van der Waals surface area contributed by atoms with Crippen LogP contribution >= 0.6 is 12.9 Å². The third kappa shape index (κ3) is 9.64. The summed E-state index contributed by atoms with van der Waals surface area (Å²) in [7, 11) is 1.60. The van der Waals surface area contributed by atoms with Crippen LogP contribution in [0.15, 0.2) is 37.0 Å². The van der Waals surface area contributed by atoms with Crippen LogP contribution in [0.2, 0.25) is 0 Å². The van der Waals surface area contributed by atoms with Gasteiger partial charge in [-0.1, -0.05) is 25.2 Å². The maximum atomic E-state index is 11.6. The van der Waals surface area contributed by atoms with E-state index in [-0.39, 0.29) is 30.7 Å². The van der Waals surface area contributed by atoms with Gasteiger partial charge in [-0.3, -0.25) is 4.79 Å². The van der Waals surface area contributed by atoms with Gasteiger partial charge in [0.1, 0.15) is 18.8 Å². The first-order chi connectivity index (χ1) is 11.0. The van der Waals surface area contributed by atoms with Crippen LogP contribution in [0.3, 0.4) is 0 Å². The number of rotatable bonds is 13. The Bertz CT molecular complexity index is 392. The predicted molar refractivity (Wildman–Crippen MR) is 97.4 cm³/mol. The minimum absolute atomic E-state index is 0.0433. The van der Waals surface area contributed by atoms with E-state index >= 15 is 0 Å². The normalized spacial score (nSPS) is 15.6. The summed E-state index contributed by atoms with van der Waals surface area (Å²) in [6.07, 6.45) is 8.20. The summed E-state index contributed by atoms with van der Waals surface area (Å²) in [6.45, 7) is 11.6. The highest BCUT2D eigenvalue weighted by Crippen LogP contribution is 2.19. The van der Waals surface area contributed by atoms with Gasteiger partial charge in [0.15, 0.2) is 0 Å². The topological polar surface area (TPSA) is 44.8 Å². The van der Waals surface area contributed by atoms with Crippen LogP contribution in [-0.4, -0.2) is 31.9 Å². The zero-order chi connectivity index (χ0) is 17.7. The quantitative estimate of drug-likeness (QED) is 0.178. The van der Waals surface area contributed by atoms with Crippen molar-refractivity contribution in [2.75, 3.05) is 13.7 Å². The standard InChI is InChI=1S/C18H30O4S/c1-6-8-9-10-11-17(19)21-13-14(3)12-15(4)18(22-23)16(7-2)20-5/h6-7,12,15-16,18,23H,1-2,8-11,13H2,3-5H3/b14-12-/t15-,16+,18+/m1/s1. The second-order valence-electron chi connectivity index (χ2n) is 5.57. The highest BCUT2D eigenvalue weighted by molar-refractivity contribution is 7.75. The highest BCUT2D eigenvalue weighted by atomic mass is 32.1. The number of carbonyl (C=O) groups excluding carboxylic acids is 1. The number of esters is 1. The Balaban J connectivity index is 4.33. The van der Waals surface area contributed by atoms with Crippen LogP contribution in [0.1, 0.15) is 39.5 Å². The second-order valence-corrected chi connectivity index (χ2v) is 5.78. The lowest BCUT2D eigenvalue weighted by atomic mass is 9.97. The summed E-state index contributed by atoms with van der Waals surface area (Å²) in [5.74, 6) is -0.126. The molecule has 0 saturated carbocycles. The van der Waals surface area contributed by atoms with E-state index in [1.165, 1.54) is 0 Å². The molecule has 4 nitrogen and oxygen atoms in total. The minimum atomic E-state index is -0.259. The SMILES string of the molecule is C=CCCCCC(=O)OC/C(C)=C\[C@@H](C)[C@H](OS)[C@H](C=C)OC. The van der Waals surface area contributed by atoms with Gasteiger partial charge >= 0.3 is 5.97 Å². The fraction of sp³-hybridized carbons (Fsp3) is 0.611. The van der Waals surface area contributed by atoms with Gasteiger partial charge in [0, 0.05) is 19.4 Å². The molecule has 0 aromatic heterocycles. The van der Waals surface area contributed by atoms with Gasteiger partial charge in [-0.25, -0.2) is 0 Å². The van der Waals surface area contributed by atoms with Crippen molar-refractivity contribution in [2.24, 2.45) is 5.92 Å². The Labute approximate surface area is 146 Å². The fourth-order valence-corrected chi connectivity index (χ4v) is 2.55. The highest BCUT2D eigenvalue weighted by Gasteiger charge is 2.24. The van der Waals surface area contributed by atoms with Gasteiger partial charge < -0.3 is 13.7 Å². The molecule has 0 heterocycles. The molecule has 0 bridgehead atoms. The van der Waals surface area contributed by atoms with Gasteiger partial charge in [-0.05, 0) is 44.7 Å². The van der Waals surface area contributed by atoms with Crippen molar-refractivity contribution in [1.29, 1.82) is 0 Å². The summed E-state index contributed by atoms with van der Waals surface area (Å²) in [5, 5.41) is 0. The molecule has 0 N–H and O–H groups in total. The Morgan fingerprint density at radius 2 is 2.00 bits per heavy atom. The molecule has 0 saturated heterocycles. The molecule has 0 fully saturated rings. The molecular formula is C18H30O4S. The molecule has 132 valence electrons. The lowest BCUT2D eigenvalue weighted by molar-refractivity contribution is -0.142. The van der Waals surface area contributed by atoms with Crippen molar-refractivity contribution < 1.29 is 18.5 Å². The van der Waals surface area contributed by atoms with E-state index in [1.54, 1.807) is 13.2 Å². The molecule has 0 aliphatic heterocycles. The van der Waals surface area contributed by atoms with Crippen molar-refractivity contribution in [3.63, 3.8) is 0 Å². The average Bonchev–Trinajstić information content (AvgIpc) is 2.54. The average molecular weight is 343 g/mol. The molecule has 0 aliphatic rings. The van der Waals surface area contributed by atoms with Crippen molar-refractivity contribution in [2.45, 2.75) is 51.7 Å². The first kappa shape index (κ1) is 22.0. The number of carbonyl (C=O) groups is 1. The fourth-order valence-electron chi connectivity index (χ4n) is 2.24. The van der Waals surface area contributed by atoms with E-state index in [0.717, 1.165) is 24.8 Å². The Morgan fingerprint density at radius 3 is 2.52 bits per heavy atom. The Hall–Kier alpha value is -1.04. The van der Waals surface area contributed by atoms with E-state index in [2.05, 4.69) is 26.1 Å². The predicted octanol–water partition coefficient (Wildman–Crippen LogP) is 4.29. The summed E-state index contributed by atoms with van der Waals surface area (Å²) in [5.41, 5.74) is 0.964. The first-order valence-corrected chi connectivity index (χ1v) is 8.26. The molecule has 0 radical (unpaired) electrons. The molecule has 0 aliphatic carbocycles. The van der Waals surface area contributed by atoms with Crippen LogP contribution < -0.4 is 0 Å². The molecule has 3 atom stereocenters. The van der Waals surface area contributed by atoms with Crippen molar-refractivity contribution in [3.8, 4) is 0 Å². The van der Waals surface area contributed by atoms with E-state index in [4.69, 9.17) is 13.7 Å². The molecule has 0 aromatic carbocycles. The molecular weight excluding hydrogens is 312 g/mol. The second kappa shape index (κ2) is 13.4. The van der Waals surface area contributed by atoms with Crippen molar-refractivity contribution in [1.82, 2.24) is 0 Å². The van der Waals surface area contributed by atoms with Crippen LogP contribution in [0, 0.1) is 5.92 Å². The Kier molecular flexibility index (Phi) is 12.8. The number of hydrogen-bond acceptors (Lipinski definition) is 5. The number of hydrogen-bond donors (Lipinski definition) is 1. The van der Waals surface area contributed by atoms with Crippen LogP contribution in [0.25, 0.3) is 0 Å². The van der Waals surface area contributed by atoms with Gasteiger partial charge in [-0.15, -0.1) is 13.2 Å². The zero-order valence-corrected chi connectivity index (χ0v) is 15.4. The summed E-state index contributed by atoms with van der Waals surface area (Å²) in [6, 6.07) is 0. The number of allylic oxidation sites excluding steroid dienone is 1. The summed E-state index contributed by atoms with van der Waals surface area (Å²) in [4.78, 5) is 11.6. The minimum Gasteiger partial charge on any atom is -0.461 e. The maximum Gasteiger partial charge on any atom is 0.306 e. The summed E-state index contributed by atoms with van der Waals surface area (Å²) >= 11 is 3.92. The maximum absolute atomic E-state index is 11.6. The lowest BCUT2D eigenvalue weighted by Gasteiger charge is -2.25. The number of methoxy groups -OCH3 is 1. The lowest BCUT2D eigenvalue weighted by Crippen LogP contribution is -2.32. The van der Waals surface area contributed by atoms with Crippen molar-refractivity contribution >= 4 is 18.9 Å². The van der Waals surface area contributed by atoms with Gasteiger partial charge in [0.25, 0.3) is 0 Å². The third-order valence-electron chi connectivity index (χ3n) is 3.52. The van der Waals surface area contributed by atoms with Crippen molar-refractivity contribution in [3.05, 3.63) is 37.0 Å². The van der Waals surface area contributed by atoms with Crippen LogP contribution in [0.5, 0.6) is 0 Å². The largest absolute Gasteiger partial charge is 0.461 e.